The Morgan fingerprint density at radius 3 is 2.28 bits per heavy atom. The molecule has 168 valence electrons. The van der Waals surface area contributed by atoms with Crippen molar-refractivity contribution in [3.05, 3.63) is 59.2 Å². The number of hydrogen-bond acceptors (Lipinski definition) is 4. The third-order valence-electron chi connectivity index (χ3n) is 6.77. The second kappa shape index (κ2) is 10.1. The lowest BCUT2D eigenvalue weighted by atomic mass is 9.70. The van der Waals surface area contributed by atoms with Gasteiger partial charge < -0.3 is 14.2 Å². The number of hydrogen-bond donors (Lipinski definition) is 0. The summed E-state index contributed by atoms with van der Waals surface area (Å²) in [5.41, 5.74) is 2.46. The minimum atomic E-state index is -0.332. The van der Waals surface area contributed by atoms with Gasteiger partial charge in [0.1, 0.15) is 0 Å². The number of carbonyl (C=O) groups excluding carboxylic acids is 1. The van der Waals surface area contributed by atoms with Crippen LogP contribution in [-0.4, -0.2) is 26.3 Å². The van der Waals surface area contributed by atoms with Gasteiger partial charge in [0.25, 0.3) is 0 Å². The van der Waals surface area contributed by atoms with Crippen LogP contribution in [0.5, 0.6) is 11.5 Å². The molecule has 0 saturated heterocycles. The molecule has 0 spiro atoms. The fourth-order valence-electron chi connectivity index (χ4n) is 4.89. The van der Waals surface area contributed by atoms with Gasteiger partial charge in [-0.25, -0.2) is 4.79 Å². The second-order valence-corrected chi connectivity index (χ2v) is 8.85. The molecule has 0 atom stereocenters. The topological polar surface area (TPSA) is 44.8 Å². The van der Waals surface area contributed by atoms with E-state index in [1.807, 2.05) is 18.2 Å². The molecule has 0 aliphatic heterocycles. The quantitative estimate of drug-likeness (QED) is 0.426. The van der Waals surface area contributed by atoms with Crippen molar-refractivity contribution in [3.63, 3.8) is 0 Å². The van der Waals surface area contributed by atoms with Crippen molar-refractivity contribution in [3.8, 4) is 23.3 Å². The Labute approximate surface area is 191 Å². The first-order valence-corrected chi connectivity index (χ1v) is 11.7. The van der Waals surface area contributed by atoms with Crippen LogP contribution in [0.15, 0.2) is 42.5 Å². The fourth-order valence-corrected chi connectivity index (χ4v) is 4.89. The van der Waals surface area contributed by atoms with Gasteiger partial charge in [-0.05, 0) is 80.5 Å². The van der Waals surface area contributed by atoms with Crippen LogP contribution in [0.1, 0.15) is 79.3 Å². The molecule has 2 aliphatic rings. The zero-order chi connectivity index (χ0) is 22.4. The number of carbonyl (C=O) groups is 1. The van der Waals surface area contributed by atoms with Gasteiger partial charge in [0.05, 0.1) is 31.3 Å². The van der Waals surface area contributed by atoms with E-state index >= 15 is 0 Å². The molecule has 0 heterocycles. The molecule has 0 amide bonds. The summed E-state index contributed by atoms with van der Waals surface area (Å²) in [6, 6.07) is 13.7. The monoisotopic (exact) mass is 432 g/mol. The van der Waals surface area contributed by atoms with E-state index in [-0.39, 0.29) is 17.5 Å². The average Bonchev–Trinajstić information content (AvgIpc) is 3.36. The van der Waals surface area contributed by atoms with E-state index in [9.17, 15) is 4.79 Å². The Kier molecular flexibility index (Phi) is 7.05. The highest BCUT2D eigenvalue weighted by molar-refractivity contribution is 5.89. The Bertz CT molecular complexity index is 984. The highest BCUT2D eigenvalue weighted by Gasteiger charge is 2.33. The van der Waals surface area contributed by atoms with Gasteiger partial charge in [-0.3, -0.25) is 0 Å². The van der Waals surface area contributed by atoms with Gasteiger partial charge in [0.15, 0.2) is 11.5 Å². The van der Waals surface area contributed by atoms with Gasteiger partial charge in [-0.15, -0.1) is 0 Å². The maximum absolute atomic E-state index is 11.7. The molecule has 2 aliphatic carbocycles. The molecule has 0 radical (unpaired) electrons. The fraction of sp³-hybridized carbons (Fsp3) is 0.464. The van der Waals surface area contributed by atoms with E-state index in [0.29, 0.717) is 5.56 Å². The van der Waals surface area contributed by atoms with Gasteiger partial charge >= 0.3 is 5.97 Å². The van der Waals surface area contributed by atoms with Crippen LogP contribution in [0.2, 0.25) is 0 Å². The van der Waals surface area contributed by atoms with Crippen molar-refractivity contribution in [2.45, 2.75) is 69.3 Å². The van der Waals surface area contributed by atoms with E-state index in [4.69, 9.17) is 14.2 Å². The predicted molar refractivity (Wildman–Crippen MR) is 125 cm³/mol. The average molecular weight is 433 g/mol. The lowest BCUT2D eigenvalue weighted by Gasteiger charge is -2.33. The zero-order valence-electron chi connectivity index (χ0n) is 19.1. The summed E-state index contributed by atoms with van der Waals surface area (Å²) in [7, 11) is 3.09. The van der Waals surface area contributed by atoms with Crippen LogP contribution in [-0.2, 0) is 10.2 Å². The largest absolute Gasteiger partial charge is 0.493 e. The van der Waals surface area contributed by atoms with Gasteiger partial charge in [0, 0.05) is 5.56 Å². The number of esters is 1. The summed E-state index contributed by atoms with van der Waals surface area (Å²) < 4.78 is 16.8. The van der Waals surface area contributed by atoms with E-state index in [1.165, 1.54) is 44.8 Å². The molecule has 0 N–H and O–H groups in total. The molecule has 32 heavy (non-hydrogen) atoms. The first-order chi connectivity index (χ1) is 15.6. The first-order valence-electron chi connectivity index (χ1n) is 11.7. The summed E-state index contributed by atoms with van der Waals surface area (Å²) in [6.07, 6.45) is 10.6. The molecule has 4 rings (SSSR count). The molecule has 2 aromatic rings. The Hall–Kier alpha value is -2.93. The third kappa shape index (κ3) is 4.93. The van der Waals surface area contributed by atoms with Crippen LogP contribution in [0.4, 0.5) is 0 Å². The molecule has 2 fully saturated rings. The second-order valence-electron chi connectivity index (χ2n) is 8.85. The predicted octanol–water partition coefficient (Wildman–Crippen LogP) is 6.06. The van der Waals surface area contributed by atoms with Crippen LogP contribution in [0.3, 0.4) is 0 Å². The maximum atomic E-state index is 11.7. The van der Waals surface area contributed by atoms with Crippen LogP contribution in [0, 0.1) is 11.8 Å². The van der Waals surface area contributed by atoms with Crippen molar-refractivity contribution in [1.82, 2.24) is 0 Å². The highest BCUT2D eigenvalue weighted by Crippen LogP contribution is 2.42. The number of rotatable bonds is 5. The van der Waals surface area contributed by atoms with Crippen molar-refractivity contribution in [2.75, 3.05) is 14.2 Å². The van der Waals surface area contributed by atoms with Gasteiger partial charge in [0.2, 0.25) is 0 Å². The Balaban J connectivity index is 1.65. The van der Waals surface area contributed by atoms with Crippen LogP contribution < -0.4 is 9.47 Å². The molecular formula is C28H32O4. The first kappa shape index (κ1) is 22.3. The van der Waals surface area contributed by atoms with E-state index in [2.05, 4.69) is 24.0 Å². The van der Waals surface area contributed by atoms with Crippen molar-refractivity contribution in [1.29, 1.82) is 0 Å². The van der Waals surface area contributed by atoms with Crippen molar-refractivity contribution in [2.24, 2.45) is 0 Å². The Morgan fingerprint density at radius 2 is 1.62 bits per heavy atom. The molecule has 0 bridgehead atoms. The molecule has 4 nitrogen and oxygen atoms in total. The smallest absolute Gasteiger partial charge is 0.337 e. The molecule has 2 saturated carbocycles. The molecule has 4 heteroatoms. The number of benzene rings is 2. The normalized spacial score (nSPS) is 17.8. The summed E-state index contributed by atoms with van der Waals surface area (Å²) in [5.74, 6) is 8.31. The SMILES string of the molecule is COC(=O)c1ccc(C#CC2(c3ccc(OC)c(OC4CCCC4)c3)CCCCC2)cc1. The lowest BCUT2D eigenvalue weighted by molar-refractivity contribution is 0.0600. The third-order valence-corrected chi connectivity index (χ3v) is 6.77. The summed E-state index contributed by atoms with van der Waals surface area (Å²) in [4.78, 5) is 11.7. The summed E-state index contributed by atoms with van der Waals surface area (Å²) >= 11 is 0. The highest BCUT2D eigenvalue weighted by atomic mass is 16.5. The maximum Gasteiger partial charge on any atom is 0.337 e. The van der Waals surface area contributed by atoms with Crippen LogP contribution in [0.25, 0.3) is 0 Å². The van der Waals surface area contributed by atoms with Crippen LogP contribution >= 0.6 is 0 Å². The number of ether oxygens (including phenoxy) is 3. The minimum Gasteiger partial charge on any atom is -0.493 e. The number of methoxy groups -OCH3 is 2. The van der Waals surface area contributed by atoms with E-state index in [0.717, 1.165) is 42.7 Å². The molecule has 0 unspecified atom stereocenters. The van der Waals surface area contributed by atoms with Gasteiger partial charge in [-0.2, -0.15) is 0 Å². The van der Waals surface area contributed by atoms with Crippen molar-refractivity contribution >= 4 is 5.97 Å². The van der Waals surface area contributed by atoms with E-state index in [1.54, 1.807) is 19.2 Å². The minimum absolute atomic E-state index is 0.195. The summed E-state index contributed by atoms with van der Waals surface area (Å²) in [5, 5.41) is 0. The molecule has 0 aromatic heterocycles. The summed E-state index contributed by atoms with van der Waals surface area (Å²) in [6.45, 7) is 0. The zero-order valence-corrected chi connectivity index (χ0v) is 19.1. The lowest BCUT2D eigenvalue weighted by Crippen LogP contribution is -2.27. The standard InChI is InChI=1S/C28H32O4/c1-30-25-15-14-23(20-26(25)32-24-8-4-5-9-24)28(17-6-3-7-18-28)19-16-21-10-12-22(13-11-21)27(29)31-2/h10-15,20,24H,3-9,17-18H2,1-2H3. The molecule has 2 aromatic carbocycles. The van der Waals surface area contributed by atoms with Gasteiger partial charge in [-0.1, -0.05) is 37.2 Å². The van der Waals surface area contributed by atoms with E-state index < -0.39 is 0 Å². The Morgan fingerprint density at radius 1 is 0.906 bits per heavy atom. The molecular weight excluding hydrogens is 400 g/mol. The van der Waals surface area contributed by atoms with Crippen molar-refractivity contribution < 1.29 is 19.0 Å².